The van der Waals surface area contributed by atoms with Crippen molar-refractivity contribution in [2.45, 2.75) is 26.7 Å². The molecule has 0 aliphatic rings. The number of carbonyl (C=O) groups excluding carboxylic acids is 1. The number of carbonyl (C=O) groups is 1. The van der Waals surface area contributed by atoms with Gasteiger partial charge >= 0.3 is 5.97 Å². The molecule has 0 heterocycles. The van der Waals surface area contributed by atoms with Gasteiger partial charge in [-0.05, 0) is 13.3 Å². The first-order valence-corrected chi connectivity index (χ1v) is 4.26. The number of hydrogen-bond donors (Lipinski definition) is 1. The molecule has 0 atom stereocenters. The number of rotatable bonds is 5. The van der Waals surface area contributed by atoms with Crippen LogP contribution in [-0.2, 0) is 9.53 Å². The topological polar surface area (TPSA) is 52.3 Å². The fourth-order valence-corrected chi connectivity index (χ4v) is 0.710. The van der Waals surface area contributed by atoms with E-state index in [-0.39, 0.29) is 5.97 Å². The summed E-state index contributed by atoms with van der Waals surface area (Å²) in [5.74, 6) is -0.256. The third-order valence-corrected chi connectivity index (χ3v) is 1.41. The summed E-state index contributed by atoms with van der Waals surface area (Å²) in [5.41, 5.74) is 5.85. The largest absolute Gasteiger partial charge is 0.461 e. The van der Waals surface area contributed by atoms with Gasteiger partial charge in [0.25, 0.3) is 0 Å². The van der Waals surface area contributed by atoms with Gasteiger partial charge in [0, 0.05) is 12.1 Å². The van der Waals surface area contributed by atoms with Gasteiger partial charge in [-0.1, -0.05) is 19.4 Å². The Labute approximate surface area is 73.6 Å². The van der Waals surface area contributed by atoms with Gasteiger partial charge in [0.05, 0.1) is 0 Å². The fraction of sp³-hybridized carbons (Fsp3) is 0.667. The standard InChI is InChI=1S/C9H17NO2/c1-3-4-5-8(2)9(11)12-7-6-10/h5H,3-4,6-7,10H2,1-2H3. The number of nitrogens with two attached hydrogens (primary N) is 1. The maximum atomic E-state index is 11.1. The molecular formula is C9H17NO2. The molecule has 0 saturated heterocycles. The van der Waals surface area contributed by atoms with E-state index in [9.17, 15) is 4.79 Å². The van der Waals surface area contributed by atoms with Crippen molar-refractivity contribution in [3.8, 4) is 0 Å². The van der Waals surface area contributed by atoms with Crippen molar-refractivity contribution < 1.29 is 9.53 Å². The summed E-state index contributed by atoms with van der Waals surface area (Å²) in [7, 11) is 0. The molecule has 70 valence electrons. The second kappa shape index (κ2) is 6.85. The van der Waals surface area contributed by atoms with E-state index in [1.807, 2.05) is 6.08 Å². The molecule has 0 saturated carbocycles. The van der Waals surface area contributed by atoms with Gasteiger partial charge in [-0.15, -0.1) is 0 Å². The average Bonchev–Trinajstić information content (AvgIpc) is 2.10. The lowest BCUT2D eigenvalue weighted by Gasteiger charge is -2.01. The lowest BCUT2D eigenvalue weighted by molar-refractivity contribution is -0.138. The predicted octanol–water partition coefficient (Wildman–Crippen LogP) is 1.23. The molecular weight excluding hydrogens is 154 g/mol. The maximum Gasteiger partial charge on any atom is 0.333 e. The van der Waals surface area contributed by atoms with E-state index in [0.717, 1.165) is 12.8 Å². The Morgan fingerprint density at radius 3 is 2.75 bits per heavy atom. The van der Waals surface area contributed by atoms with Crippen LogP contribution in [-0.4, -0.2) is 19.1 Å². The number of hydrogen-bond acceptors (Lipinski definition) is 3. The van der Waals surface area contributed by atoms with Gasteiger partial charge in [0.2, 0.25) is 0 Å². The summed E-state index contributed by atoms with van der Waals surface area (Å²) >= 11 is 0. The number of allylic oxidation sites excluding steroid dienone is 1. The number of unbranched alkanes of at least 4 members (excludes halogenated alkanes) is 1. The highest BCUT2D eigenvalue weighted by atomic mass is 16.5. The van der Waals surface area contributed by atoms with Gasteiger partial charge in [-0.2, -0.15) is 0 Å². The maximum absolute atomic E-state index is 11.1. The normalized spacial score (nSPS) is 11.4. The fourth-order valence-electron chi connectivity index (χ4n) is 0.710. The van der Waals surface area contributed by atoms with Gasteiger partial charge in [-0.3, -0.25) is 0 Å². The minimum absolute atomic E-state index is 0.256. The van der Waals surface area contributed by atoms with Crippen LogP contribution in [0, 0.1) is 0 Å². The van der Waals surface area contributed by atoms with Crippen LogP contribution in [0.25, 0.3) is 0 Å². The molecule has 3 heteroatoms. The summed E-state index contributed by atoms with van der Waals surface area (Å²) in [6.07, 6.45) is 3.85. The lowest BCUT2D eigenvalue weighted by Crippen LogP contribution is -2.14. The predicted molar refractivity (Wildman–Crippen MR) is 48.7 cm³/mol. The molecule has 0 aromatic carbocycles. The zero-order valence-corrected chi connectivity index (χ0v) is 7.80. The van der Waals surface area contributed by atoms with Gasteiger partial charge in [0.1, 0.15) is 6.61 Å². The van der Waals surface area contributed by atoms with Gasteiger partial charge in [0.15, 0.2) is 0 Å². The van der Waals surface area contributed by atoms with Crippen LogP contribution in [0.2, 0.25) is 0 Å². The minimum Gasteiger partial charge on any atom is -0.461 e. The van der Waals surface area contributed by atoms with Gasteiger partial charge in [-0.25, -0.2) is 4.79 Å². The summed E-state index contributed by atoms with van der Waals surface area (Å²) < 4.78 is 4.82. The SMILES string of the molecule is CCCC=C(C)C(=O)OCCN. The van der Waals surface area contributed by atoms with E-state index in [2.05, 4.69) is 6.92 Å². The molecule has 0 aromatic rings. The molecule has 2 N–H and O–H groups in total. The molecule has 0 unspecified atom stereocenters. The van der Waals surface area contributed by atoms with Crippen molar-refractivity contribution in [2.75, 3.05) is 13.2 Å². The molecule has 0 amide bonds. The summed E-state index contributed by atoms with van der Waals surface area (Å²) in [6, 6.07) is 0. The van der Waals surface area contributed by atoms with Crippen molar-refractivity contribution in [1.29, 1.82) is 0 Å². The van der Waals surface area contributed by atoms with Crippen LogP contribution in [0.5, 0.6) is 0 Å². The van der Waals surface area contributed by atoms with Crippen molar-refractivity contribution >= 4 is 5.97 Å². The lowest BCUT2D eigenvalue weighted by atomic mass is 10.2. The monoisotopic (exact) mass is 171 g/mol. The van der Waals surface area contributed by atoms with Crippen molar-refractivity contribution in [3.63, 3.8) is 0 Å². The summed E-state index contributed by atoms with van der Waals surface area (Å²) in [6.45, 7) is 4.51. The molecule has 0 aliphatic carbocycles. The zero-order valence-electron chi connectivity index (χ0n) is 7.80. The Hall–Kier alpha value is -0.830. The van der Waals surface area contributed by atoms with Crippen LogP contribution in [0.3, 0.4) is 0 Å². The highest BCUT2D eigenvalue weighted by molar-refractivity contribution is 5.87. The summed E-state index contributed by atoms with van der Waals surface area (Å²) in [4.78, 5) is 11.1. The highest BCUT2D eigenvalue weighted by Crippen LogP contribution is 2.00. The number of esters is 1. The molecule has 0 spiro atoms. The highest BCUT2D eigenvalue weighted by Gasteiger charge is 2.02. The number of ether oxygens (including phenoxy) is 1. The second-order valence-corrected chi connectivity index (χ2v) is 2.60. The second-order valence-electron chi connectivity index (χ2n) is 2.60. The molecule has 0 aromatic heterocycles. The quantitative estimate of drug-likeness (QED) is 0.500. The van der Waals surface area contributed by atoms with Crippen LogP contribution < -0.4 is 5.73 Å². The van der Waals surface area contributed by atoms with Crippen LogP contribution >= 0.6 is 0 Å². The van der Waals surface area contributed by atoms with Crippen molar-refractivity contribution in [2.24, 2.45) is 5.73 Å². The van der Waals surface area contributed by atoms with Crippen LogP contribution in [0.4, 0.5) is 0 Å². The van der Waals surface area contributed by atoms with E-state index in [4.69, 9.17) is 10.5 Å². The van der Waals surface area contributed by atoms with Gasteiger partial charge < -0.3 is 10.5 Å². The molecule has 0 aliphatic heterocycles. The Morgan fingerprint density at radius 1 is 1.58 bits per heavy atom. The first-order chi connectivity index (χ1) is 5.72. The van der Waals surface area contributed by atoms with E-state index in [0.29, 0.717) is 18.7 Å². The minimum atomic E-state index is -0.256. The van der Waals surface area contributed by atoms with E-state index >= 15 is 0 Å². The molecule has 12 heavy (non-hydrogen) atoms. The van der Waals surface area contributed by atoms with Crippen molar-refractivity contribution in [1.82, 2.24) is 0 Å². The summed E-state index contributed by atoms with van der Waals surface area (Å²) in [5, 5.41) is 0. The zero-order chi connectivity index (χ0) is 9.40. The third-order valence-electron chi connectivity index (χ3n) is 1.41. The first-order valence-electron chi connectivity index (χ1n) is 4.26. The Morgan fingerprint density at radius 2 is 2.25 bits per heavy atom. The molecule has 0 bridgehead atoms. The van der Waals surface area contributed by atoms with Crippen molar-refractivity contribution in [3.05, 3.63) is 11.6 Å². The first kappa shape index (κ1) is 11.2. The smallest absolute Gasteiger partial charge is 0.333 e. The van der Waals surface area contributed by atoms with Crippen LogP contribution in [0.1, 0.15) is 26.7 Å². The molecule has 0 radical (unpaired) electrons. The Kier molecular flexibility index (Phi) is 6.38. The van der Waals surface area contributed by atoms with E-state index in [1.54, 1.807) is 6.92 Å². The van der Waals surface area contributed by atoms with Crippen LogP contribution in [0.15, 0.2) is 11.6 Å². The molecule has 0 rings (SSSR count). The van der Waals surface area contributed by atoms with E-state index in [1.165, 1.54) is 0 Å². The Balaban J connectivity index is 3.75. The van der Waals surface area contributed by atoms with E-state index < -0.39 is 0 Å². The third kappa shape index (κ3) is 4.91. The average molecular weight is 171 g/mol. The Bertz CT molecular complexity index is 164. The molecule has 0 fully saturated rings. The molecule has 3 nitrogen and oxygen atoms in total.